The van der Waals surface area contributed by atoms with Gasteiger partial charge in [-0.3, -0.25) is 4.90 Å². The first-order valence-corrected chi connectivity index (χ1v) is 6.33. The number of nitrogens with one attached hydrogen (secondary N) is 1. The SMILES string of the molecule is CNCCN(C)Cc1nnc(-c2cc(C)oc2C)o1. The Bertz CT molecular complexity index is 532. The molecule has 0 bridgehead atoms. The number of furan rings is 1. The predicted molar refractivity (Wildman–Crippen MR) is 71.7 cm³/mol. The summed E-state index contributed by atoms with van der Waals surface area (Å²) < 4.78 is 11.1. The molecule has 0 aliphatic rings. The molecule has 19 heavy (non-hydrogen) atoms. The molecule has 104 valence electrons. The molecule has 0 aliphatic carbocycles. The number of aromatic nitrogens is 2. The van der Waals surface area contributed by atoms with Crippen LogP contribution in [0, 0.1) is 13.8 Å². The third-order valence-electron chi connectivity index (χ3n) is 2.89. The Morgan fingerprint density at radius 1 is 1.26 bits per heavy atom. The van der Waals surface area contributed by atoms with Crippen molar-refractivity contribution in [3.05, 3.63) is 23.5 Å². The number of likely N-dealkylation sites (N-methyl/N-ethyl adjacent to an activating group) is 2. The lowest BCUT2D eigenvalue weighted by molar-refractivity contribution is 0.291. The van der Waals surface area contributed by atoms with Crippen LogP contribution in [0.2, 0.25) is 0 Å². The Labute approximate surface area is 112 Å². The quantitative estimate of drug-likeness (QED) is 0.854. The van der Waals surface area contributed by atoms with Gasteiger partial charge in [-0.1, -0.05) is 0 Å². The van der Waals surface area contributed by atoms with Crippen LogP contribution in [-0.2, 0) is 6.54 Å². The average Bonchev–Trinajstić information content (AvgIpc) is 2.93. The van der Waals surface area contributed by atoms with Crippen LogP contribution in [0.5, 0.6) is 0 Å². The third kappa shape index (κ3) is 3.42. The van der Waals surface area contributed by atoms with Crippen molar-refractivity contribution in [1.82, 2.24) is 20.4 Å². The molecular weight excluding hydrogens is 244 g/mol. The Morgan fingerprint density at radius 3 is 2.68 bits per heavy atom. The van der Waals surface area contributed by atoms with Gasteiger partial charge in [0.15, 0.2) is 0 Å². The van der Waals surface area contributed by atoms with Crippen molar-refractivity contribution in [3.8, 4) is 11.5 Å². The van der Waals surface area contributed by atoms with Gasteiger partial charge in [0.1, 0.15) is 11.5 Å². The van der Waals surface area contributed by atoms with Crippen molar-refractivity contribution < 1.29 is 8.83 Å². The molecule has 0 saturated heterocycles. The van der Waals surface area contributed by atoms with Crippen LogP contribution in [0.4, 0.5) is 0 Å². The Morgan fingerprint density at radius 2 is 2.05 bits per heavy atom. The molecular formula is C13H20N4O2. The van der Waals surface area contributed by atoms with E-state index >= 15 is 0 Å². The van der Waals surface area contributed by atoms with Gasteiger partial charge in [-0.15, -0.1) is 10.2 Å². The number of rotatable bonds is 6. The molecule has 0 saturated carbocycles. The van der Waals surface area contributed by atoms with E-state index in [0.29, 0.717) is 18.3 Å². The molecule has 2 aromatic rings. The summed E-state index contributed by atoms with van der Waals surface area (Å²) in [5.41, 5.74) is 0.870. The molecule has 0 amide bonds. The van der Waals surface area contributed by atoms with E-state index in [1.165, 1.54) is 0 Å². The van der Waals surface area contributed by atoms with E-state index < -0.39 is 0 Å². The molecule has 0 spiro atoms. The topological polar surface area (TPSA) is 67.3 Å². The minimum atomic E-state index is 0.520. The number of hydrogen-bond acceptors (Lipinski definition) is 6. The second-order valence-corrected chi connectivity index (χ2v) is 4.67. The Balaban J connectivity index is 2.05. The smallest absolute Gasteiger partial charge is 0.251 e. The highest BCUT2D eigenvalue weighted by Crippen LogP contribution is 2.25. The van der Waals surface area contributed by atoms with Crippen molar-refractivity contribution in [2.75, 3.05) is 27.2 Å². The van der Waals surface area contributed by atoms with Gasteiger partial charge in [0, 0.05) is 13.1 Å². The molecule has 0 unspecified atom stereocenters. The van der Waals surface area contributed by atoms with Gasteiger partial charge in [-0.2, -0.15) is 0 Å². The molecule has 0 aliphatic heterocycles. The largest absolute Gasteiger partial charge is 0.466 e. The van der Waals surface area contributed by atoms with Crippen LogP contribution in [-0.4, -0.2) is 42.3 Å². The first kappa shape index (κ1) is 13.8. The first-order chi connectivity index (χ1) is 9.10. The van der Waals surface area contributed by atoms with Crippen LogP contribution in [0.15, 0.2) is 14.9 Å². The van der Waals surface area contributed by atoms with Gasteiger partial charge >= 0.3 is 0 Å². The summed E-state index contributed by atoms with van der Waals surface area (Å²) in [6.45, 7) is 6.30. The van der Waals surface area contributed by atoms with Crippen molar-refractivity contribution in [3.63, 3.8) is 0 Å². The van der Waals surface area contributed by atoms with E-state index in [-0.39, 0.29) is 0 Å². The normalized spacial score (nSPS) is 11.4. The summed E-state index contributed by atoms with van der Waals surface area (Å²) in [7, 11) is 3.96. The van der Waals surface area contributed by atoms with Crippen LogP contribution >= 0.6 is 0 Å². The maximum absolute atomic E-state index is 5.67. The summed E-state index contributed by atoms with van der Waals surface area (Å²) in [5.74, 6) is 2.79. The minimum Gasteiger partial charge on any atom is -0.466 e. The Kier molecular flexibility index (Phi) is 4.34. The third-order valence-corrected chi connectivity index (χ3v) is 2.89. The summed E-state index contributed by atoms with van der Waals surface area (Å²) in [6.07, 6.45) is 0. The standard InChI is InChI=1S/C13H20N4O2/c1-9-7-11(10(2)18-9)13-16-15-12(19-13)8-17(4)6-5-14-3/h7,14H,5-6,8H2,1-4H3. The monoisotopic (exact) mass is 264 g/mol. The van der Waals surface area contributed by atoms with Crippen molar-refractivity contribution in [2.24, 2.45) is 0 Å². The summed E-state index contributed by atoms with van der Waals surface area (Å²) in [6, 6.07) is 1.91. The second-order valence-electron chi connectivity index (χ2n) is 4.67. The average molecular weight is 264 g/mol. The predicted octanol–water partition coefficient (Wildman–Crippen LogP) is 1.60. The van der Waals surface area contributed by atoms with Gasteiger partial charge in [0.2, 0.25) is 5.89 Å². The molecule has 1 N–H and O–H groups in total. The van der Waals surface area contributed by atoms with E-state index in [1.807, 2.05) is 34.0 Å². The first-order valence-electron chi connectivity index (χ1n) is 6.33. The van der Waals surface area contributed by atoms with Crippen molar-refractivity contribution in [2.45, 2.75) is 20.4 Å². The van der Waals surface area contributed by atoms with E-state index in [9.17, 15) is 0 Å². The van der Waals surface area contributed by atoms with Crippen LogP contribution in [0.3, 0.4) is 0 Å². The maximum atomic E-state index is 5.67. The zero-order valence-corrected chi connectivity index (χ0v) is 11.9. The number of aryl methyl sites for hydroxylation is 2. The molecule has 2 heterocycles. The lowest BCUT2D eigenvalue weighted by Gasteiger charge is -2.12. The van der Waals surface area contributed by atoms with Gasteiger partial charge in [0.25, 0.3) is 5.89 Å². The van der Waals surface area contributed by atoms with Gasteiger partial charge in [-0.05, 0) is 34.0 Å². The number of nitrogens with zero attached hydrogens (tertiary/aromatic N) is 3. The van der Waals surface area contributed by atoms with E-state index in [0.717, 1.165) is 30.2 Å². The number of hydrogen-bond donors (Lipinski definition) is 1. The molecule has 0 aromatic carbocycles. The fraction of sp³-hybridized carbons (Fsp3) is 0.538. The zero-order chi connectivity index (χ0) is 13.8. The van der Waals surface area contributed by atoms with E-state index in [2.05, 4.69) is 20.4 Å². The molecule has 6 heteroatoms. The van der Waals surface area contributed by atoms with Crippen molar-refractivity contribution >= 4 is 0 Å². The zero-order valence-electron chi connectivity index (χ0n) is 11.9. The van der Waals surface area contributed by atoms with Gasteiger partial charge in [0.05, 0.1) is 12.1 Å². The fourth-order valence-corrected chi connectivity index (χ4v) is 1.88. The summed E-state index contributed by atoms with van der Waals surface area (Å²) >= 11 is 0. The molecule has 6 nitrogen and oxygen atoms in total. The lowest BCUT2D eigenvalue weighted by atomic mass is 10.2. The highest BCUT2D eigenvalue weighted by atomic mass is 16.4. The molecule has 2 aromatic heterocycles. The van der Waals surface area contributed by atoms with Crippen molar-refractivity contribution in [1.29, 1.82) is 0 Å². The fourth-order valence-electron chi connectivity index (χ4n) is 1.88. The van der Waals surface area contributed by atoms with Gasteiger partial charge < -0.3 is 14.2 Å². The summed E-state index contributed by atoms with van der Waals surface area (Å²) in [5, 5.41) is 11.3. The highest BCUT2D eigenvalue weighted by Gasteiger charge is 2.15. The lowest BCUT2D eigenvalue weighted by Crippen LogP contribution is -2.27. The Hall–Kier alpha value is -1.66. The molecule has 2 rings (SSSR count). The second kappa shape index (κ2) is 5.99. The molecule has 0 radical (unpaired) electrons. The highest BCUT2D eigenvalue weighted by molar-refractivity contribution is 5.55. The van der Waals surface area contributed by atoms with E-state index in [4.69, 9.17) is 8.83 Å². The maximum Gasteiger partial charge on any atom is 0.251 e. The minimum absolute atomic E-state index is 0.520. The van der Waals surface area contributed by atoms with Crippen LogP contribution in [0.25, 0.3) is 11.5 Å². The van der Waals surface area contributed by atoms with Crippen LogP contribution < -0.4 is 5.32 Å². The van der Waals surface area contributed by atoms with E-state index in [1.54, 1.807) is 0 Å². The molecule has 0 fully saturated rings. The van der Waals surface area contributed by atoms with Gasteiger partial charge in [-0.25, -0.2) is 0 Å². The summed E-state index contributed by atoms with van der Waals surface area (Å²) in [4.78, 5) is 2.13. The molecule has 0 atom stereocenters. The van der Waals surface area contributed by atoms with Crippen LogP contribution in [0.1, 0.15) is 17.4 Å².